The molecule has 1 N–H and O–H groups in total. The Morgan fingerprint density at radius 3 is 2.68 bits per heavy atom. The van der Waals surface area contributed by atoms with Crippen LogP contribution in [0.2, 0.25) is 0 Å². The molecule has 8 heteroatoms. The van der Waals surface area contributed by atoms with Crippen molar-refractivity contribution in [1.29, 1.82) is 0 Å². The molecule has 0 aliphatic carbocycles. The number of methoxy groups -OCH3 is 1. The molecular formula is C20H23F3N2O3. The second kappa shape index (κ2) is 8.79. The summed E-state index contributed by atoms with van der Waals surface area (Å²) in [5.74, 6) is -0.0339. The van der Waals surface area contributed by atoms with E-state index in [0.29, 0.717) is 6.61 Å². The number of carbonyl (C=O) groups excluding carboxylic acids is 1. The molecule has 152 valence electrons. The number of ether oxygens (including phenoxy) is 1. The lowest BCUT2D eigenvalue weighted by Crippen LogP contribution is -2.45. The molecule has 1 amide bonds. The fourth-order valence-electron chi connectivity index (χ4n) is 3.24. The van der Waals surface area contributed by atoms with E-state index in [2.05, 4.69) is 10.2 Å². The number of nitrogens with zero attached hydrogens (tertiary/aromatic N) is 1. The number of piperidine rings is 1. The summed E-state index contributed by atoms with van der Waals surface area (Å²) in [4.78, 5) is 14.7. The van der Waals surface area contributed by atoms with E-state index in [1.54, 1.807) is 7.11 Å². The Bertz CT molecular complexity index is 796. The molecule has 0 radical (unpaired) electrons. The topological polar surface area (TPSA) is 54.7 Å². The fourth-order valence-corrected chi connectivity index (χ4v) is 3.24. The van der Waals surface area contributed by atoms with Crippen molar-refractivity contribution in [2.75, 3.05) is 33.4 Å². The average molecular weight is 396 g/mol. The van der Waals surface area contributed by atoms with Gasteiger partial charge in [0.1, 0.15) is 5.76 Å². The highest BCUT2D eigenvalue weighted by Crippen LogP contribution is 2.32. The van der Waals surface area contributed by atoms with Crippen LogP contribution in [-0.4, -0.2) is 50.2 Å². The van der Waals surface area contributed by atoms with Crippen molar-refractivity contribution < 1.29 is 27.1 Å². The van der Waals surface area contributed by atoms with E-state index in [9.17, 15) is 18.0 Å². The van der Waals surface area contributed by atoms with Crippen molar-refractivity contribution in [2.45, 2.75) is 25.1 Å². The van der Waals surface area contributed by atoms with Crippen molar-refractivity contribution in [3.63, 3.8) is 0 Å². The summed E-state index contributed by atoms with van der Waals surface area (Å²) in [6, 6.07) is 7.89. The maximum atomic E-state index is 12.9. The van der Waals surface area contributed by atoms with Gasteiger partial charge < -0.3 is 19.4 Å². The molecule has 2 heterocycles. The number of furan rings is 1. The third kappa shape index (κ3) is 5.14. The van der Waals surface area contributed by atoms with Crippen molar-refractivity contribution in [3.8, 4) is 11.3 Å². The number of halogens is 3. The van der Waals surface area contributed by atoms with Gasteiger partial charge in [0, 0.05) is 38.3 Å². The molecule has 0 bridgehead atoms. The Morgan fingerprint density at radius 1 is 1.25 bits per heavy atom. The molecule has 1 aliphatic rings. The summed E-state index contributed by atoms with van der Waals surface area (Å²) in [5.41, 5.74) is -0.479. The highest BCUT2D eigenvalue weighted by atomic mass is 19.4. The molecule has 2 aromatic rings. The van der Waals surface area contributed by atoms with Gasteiger partial charge in [0.15, 0.2) is 5.76 Å². The van der Waals surface area contributed by atoms with Gasteiger partial charge in [-0.05, 0) is 37.1 Å². The quantitative estimate of drug-likeness (QED) is 0.807. The van der Waals surface area contributed by atoms with E-state index in [4.69, 9.17) is 9.15 Å². The van der Waals surface area contributed by atoms with Gasteiger partial charge in [-0.1, -0.05) is 12.1 Å². The third-order valence-corrected chi connectivity index (χ3v) is 4.84. The zero-order valence-electron chi connectivity index (χ0n) is 15.6. The SMILES string of the molecule is COCCN1CCC(NC(=O)c2ccc(-c3cccc(C(F)(F)F)c3)o2)CC1. The average Bonchev–Trinajstić information content (AvgIpc) is 3.17. The molecule has 1 saturated heterocycles. The van der Waals surface area contributed by atoms with E-state index in [1.165, 1.54) is 24.3 Å². The summed E-state index contributed by atoms with van der Waals surface area (Å²) in [7, 11) is 1.67. The predicted molar refractivity (Wildman–Crippen MR) is 98.0 cm³/mol. The zero-order valence-corrected chi connectivity index (χ0v) is 15.6. The maximum Gasteiger partial charge on any atom is 0.416 e. The normalized spacial score (nSPS) is 16.3. The van der Waals surface area contributed by atoms with Crippen LogP contribution in [0.15, 0.2) is 40.8 Å². The Kier molecular flexibility index (Phi) is 6.41. The first kappa shape index (κ1) is 20.4. The number of benzene rings is 1. The minimum Gasteiger partial charge on any atom is -0.451 e. The molecule has 1 fully saturated rings. The summed E-state index contributed by atoms with van der Waals surface area (Å²) in [6.45, 7) is 3.31. The van der Waals surface area contributed by atoms with E-state index >= 15 is 0 Å². The number of rotatable bonds is 6. The summed E-state index contributed by atoms with van der Waals surface area (Å²) in [6.07, 6.45) is -2.77. The summed E-state index contributed by atoms with van der Waals surface area (Å²) >= 11 is 0. The Hall–Kier alpha value is -2.32. The molecule has 28 heavy (non-hydrogen) atoms. The van der Waals surface area contributed by atoms with E-state index in [0.717, 1.165) is 44.6 Å². The largest absolute Gasteiger partial charge is 0.451 e. The van der Waals surface area contributed by atoms with Crippen LogP contribution in [0.3, 0.4) is 0 Å². The monoisotopic (exact) mass is 396 g/mol. The lowest BCUT2D eigenvalue weighted by Gasteiger charge is -2.31. The molecule has 1 aromatic heterocycles. The number of hydrogen-bond acceptors (Lipinski definition) is 4. The Labute approximate surface area is 161 Å². The molecule has 1 aromatic carbocycles. The highest BCUT2D eigenvalue weighted by Gasteiger charge is 2.30. The van der Waals surface area contributed by atoms with Crippen LogP contribution in [0.5, 0.6) is 0 Å². The first-order valence-corrected chi connectivity index (χ1v) is 9.16. The number of nitrogens with one attached hydrogen (secondary N) is 1. The van der Waals surface area contributed by atoms with Crippen LogP contribution in [0.1, 0.15) is 29.0 Å². The molecule has 3 rings (SSSR count). The zero-order chi connectivity index (χ0) is 20.1. The van der Waals surface area contributed by atoms with Crippen LogP contribution in [0.4, 0.5) is 13.2 Å². The van der Waals surface area contributed by atoms with Crippen LogP contribution in [0, 0.1) is 0 Å². The minimum absolute atomic E-state index is 0.0494. The van der Waals surface area contributed by atoms with Gasteiger partial charge in [0.05, 0.1) is 12.2 Å². The minimum atomic E-state index is -4.43. The molecule has 0 spiro atoms. The molecule has 1 aliphatic heterocycles. The molecule has 0 atom stereocenters. The predicted octanol–water partition coefficient (Wildman–Crippen LogP) is 3.81. The first-order chi connectivity index (χ1) is 13.4. The number of carbonyl (C=O) groups is 1. The first-order valence-electron chi connectivity index (χ1n) is 9.16. The Balaban J connectivity index is 1.59. The van der Waals surface area contributed by atoms with Gasteiger partial charge >= 0.3 is 6.18 Å². The molecule has 0 unspecified atom stereocenters. The van der Waals surface area contributed by atoms with Crippen LogP contribution >= 0.6 is 0 Å². The van der Waals surface area contributed by atoms with Crippen LogP contribution in [-0.2, 0) is 10.9 Å². The standard InChI is InChI=1S/C20H23F3N2O3/c1-27-12-11-25-9-7-16(8-10-25)24-19(26)18-6-5-17(28-18)14-3-2-4-15(13-14)20(21,22)23/h2-6,13,16H,7-12H2,1H3,(H,24,26). The van der Waals surface area contributed by atoms with Crippen molar-refractivity contribution in [1.82, 2.24) is 10.2 Å². The fraction of sp³-hybridized carbons (Fsp3) is 0.450. The molecular weight excluding hydrogens is 373 g/mol. The summed E-state index contributed by atoms with van der Waals surface area (Å²) < 4.78 is 49.2. The van der Waals surface area contributed by atoms with Crippen LogP contribution in [0.25, 0.3) is 11.3 Å². The van der Waals surface area contributed by atoms with Gasteiger partial charge in [-0.25, -0.2) is 0 Å². The second-order valence-corrected chi connectivity index (χ2v) is 6.82. The lowest BCUT2D eigenvalue weighted by molar-refractivity contribution is -0.137. The molecule has 0 saturated carbocycles. The smallest absolute Gasteiger partial charge is 0.416 e. The third-order valence-electron chi connectivity index (χ3n) is 4.84. The van der Waals surface area contributed by atoms with Crippen LogP contribution < -0.4 is 5.32 Å². The maximum absolute atomic E-state index is 12.9. The van der Waals surface area contributed by atoms with Gasteiger partial charge in [0.25, 0.3) is 5.91 Å². The molecule has 5 nitrogen and oxygen atoms in total. The second-order valence-electron chi connectivity index (χ2n) is 6.82. The van der Waals surface area contributed by atoms with Crippen molar-refractivity contribution in [2.24, 2.45) is 0 Å². The van der Waals surface area contributed by atoms with Crippen molar-refractivity contribution in [3.05, 3.63) is 47.7 Å². The summed E-state index contributed by atoms with van der Waals surface area (Å²) in [5, 5.41) is 2.94. The van der Waals surface area contributed by atoms with E-state index < -0.39 is 11.7 Å². The number of amides is 1. The van der Waals surface area contributed by atoms with Gasteiger partial charge in [0.2, 0.25) is 0 Å². The highest BCUT2D eigenvalue weighted by molar-refractivity contribution is 5.92. The number of likely N-dealkylation sites (tertiary alicyclic amines) is 1. The van der Waals surface area contributed by atoms with Crippen molar-refractivity contribution >= 4 is 5.91 Å². The van der Waals surface area contributed by atoms with E-state index in [1.807, 2.05) is 0 Å². The number of hydrogen-bond donors (Lipinski definition) is 1. The lowest BCUT2D eigenvalue weighted by atomic mass is 10.0. The van der Waals surface area contributed by atoms with Gasteiger partial charge in [-0.3, -0.25) is 4.79 Å². The Morgan fingerprint density at radius 2 is 2.00 bits per heavy atom. The number of alkyl halides is 3. The van der Waals surface area contributed by atoms with Gasteiger partial charge in [-0.15, -0.1) is 0 Å². The van der Waals surface area contributed by atoms with E-state index in [-0.39, 0.29) is 29.0 Å². The van der Waals surface area contributed by atoms with Gasteiger partial charge in [-0.2, -0.15) is 13.2 Å².